The lowest BCUT2D eigenvalue weighted by Crippen LogP contribution is -2.47. The van der Waals surface area contributed by atoms with Crippen molar-refractivity contribution in [2.24, 2.45) is 23.2 Å². The van der Waals surface area contributed by atoms with Gasteiger partial charge in [-0.25, -0.2) is 0 Å². The van der Waals surface area contributed by atoms with Gasteiger partial charge in [-0.3, -0.25) is 9.59 Å². The summed E-state index contributed by atoms with van der Waals surface area (Å²) in [6.45, 7) is 0. The molecule has 0 aliphatic heterocycles. The molecule has 0 amide bonds. The molecule has 0 spiro atoms. The van der Waals surface area contributed by atoms with Crippen LogP contribution in [0.3, 0.4) is 0 Å². The highest BCUT2D eigenvalue weighted by molar-refractivity contribution is 8.02. The van der Waals surface area contributed by atoms with E-state index >= 15 is 0 Å². The van der Waals surface area contributed by atoms with E-state index in [9.17, 15) is 9.59 Å². The Kier molecular flexibility index (Phi) is 3.80. The molecular weight excluding hydrogens is 288 g/mol. The first-order valence-corrected chi connectivity index (χ1v) is 8.75. The van der Waals surface area contributed by atoms with E-state index in [2.05, 4.69) is 6.26 Å². The van der Waals surface area contributed by atoms with E-state index in [-0.39, 0.29) is 5.92 Å². The van der Waals surface area contributed by atoms with E-state index in [1.807, 2.05) is 0 Å². The van der Waals surface area contributed by atoms with Crippen LogP contribution in [0.1, 0.15) is 32.1 Å². The highest BCUT2D eigenvalue weighted by Crippen LogP contribution is 2.64. The average molecular weight is 310 g/mol. The van der Waals surface area contributed by atoms with Crippen molar-refractivity contribution in [1.29, 1.82) is 0 Å². The fourth-order valence-corrected chi connectivity index (χ4v) is 5.76. The second-order valence-corrected chi connectivity index (χ2v) is 7.21. The first-order valence-electron chi connectivity index (χ1n) is 7.52. The molecule has 2 fully saturated rings. The average Bonchev–Trinajstić information content (AvgIpc) is 3.06. The molecule has 0 aromatic heterocycles. The minimum absolute atomic E-state index is 0.0517. The number of rotatable bonds is 3. The zero-order valence-corrected chi connectivity index (χ0v) is 13.6. The highest BCUT2D eigenvalue weighted by Gasteiger charge is 2.65. The van der Waals surface area contributed by atoms with Gasteiger partial charge in [0.1, 0.15) is 0 Å². The number of hydrogen-bond donors (Lipinski definition) is 0. The van der Waals surface area contributed by atoms with Crippen LogP contribution < -0.4 is 0 Å². The van der Waals surface area contributed by atoms with Gasteiger partial charge in [-0.1, -0.05) is 12.0 Å². The molecule has 3 atom stereocenters. The molecule has 4 nitrogen and oxygen atoms in total. The predicted octanol–water partition coefficient (Wildman–Crippen LogP) is 2.78. The Bertz CT molecular complexity index is 494. The van der Waals surface area contributed by atoms with Gasteiger partial charge in [0.2, 0.25) is 0 Å². The summed E-state index contributed by atoms with van der Waals surface area (Å²) < 4.78 is 10.0. The molecule has 0 aromatic carbocycles. The van der Waals surface area contributed by atoms with E-state index < -0.39 is 17.4 Å². The predicted molar refractivity (Wildman–Crippen MR) is 80.6 cm³/mol. The number of carbonyl (C=O) groups excluding carboxylic acids is 2. The van der Waals surface area contributed by atoms with Gasteiger partial charge in [-0.15, -0.1) is 11.8 Å². The fraction of sp³-hybridized carbons (Fsp3) is 0.750. The zero-order chi connectivity index (χ0) is 15.2. The van der Waals surface area contributed by atoms with Crippen molar-refractivity contribution in [3.63, 3.8) is 0 Å². The molecule has 3 aliphatic rings. The van der Waals surface area contributed by atoms with Crippen molar-refractivity contribution < 1.29 is 19.1 Å². The van der Waals surface area contributed by atoms with Gasteiger partial charge in [0, 0.05) is 0 Å². The largest absolute Gasteiger partial charge is 0.468 e. The first-order chi connectivity index (χ1) is 10.1. The van der Waals surface area contributed by atoms with Gasteiger partial charge in [0.15, 0.2) is 5.41 Å². The maximum Gasteiger partial charge on any atom is 0.323 e. The van der Waals surface area contributed by atoms with Crippen LogP contribution in [0.5, 0.6) is 0 Å². The van der Waals surface area contributed by atoms with Crippen LogP contribution in [0.2, 0.25) is 0 Å². The number of thioether (sulfide) groups is 1. The molecule has 116 valence electrons. The SMILES string of the molecule is COC(=O)C1(C(=O)OC)CC2=C(SC)C[C@H]3CCC[C@@H]1[C@@H]23. The molecule has 0 heterocycles. The Labute approximate surface area is 129 Å². The maximum absolute atomic E-state index is 12.5. The number of esters is 2. The highest BCUT2D eigenvalue weighted by atomic mass is 32.2. The summed E-state index contributed by atoms with van der Waals surface area (Å²) in [5.41, 5.74) is 0.219. The van der Waals surface area contributed by atoms with Gasteiger partial charge < -0.3 is 9.47 Å². The number of allylic oxidation sites excluding steroid dienone is 2. The summed E-state index contributed by atoms with van der Waals surface area (Å²) >= 11 is 1.77. The molecule has 2 saturated carbocycles. The second kappa shape index (κ2) is 5.34. The first kappa shape index (κ1) is 14.9. The normalized spacial score (nSPS) is 32.8. The van der Waals surface area contributed by atoms with E-state index in [1.165, 1.54) is 31.1 Å². The van der Waals surface area contributed by atoms with Crippen LogP contribution in [0, 0.1) is 23.2 Å². The van der Waals surface area contributed by atoms with Crippen molar-refractivity contribution >= 4 is 23.7 Å². The Morgan fingerprint density at radius 2 is 1.86 bits per heavy atom. The van der Waals surface area contributed by atoms with E-state index in [1.54, 1.807) is 11.8 Å². The lowest BCUT2D eigenvalue weighted by Gasteiger charge is -2.37. The minimum Gasteiger partial charge on any atom is -0.468 e. The van der Waals surface area contributed by atoms with E-state index in [0.717, 1.165) is 19.3 Å². The summed E-state index contributed by atoms with van der Waals surface area (Å²) in [6.07, 6.45) is 6.90. The lowest BCUT2D eigenvalue weighted by atomic mass is 9.66. The van der Waals surface area contributed by atoms with Crippen LogP contribution in [0.4, 0.5) is 0 Å². The molecule has 21 heavy (non-hydrogen) atoms. The molecule has 0 unspecified atom stereocenters. The van der Waals surface area contributed by atoms with Crippen LogP contribution in [-0.2, 0) is 19.1 Å². The van der Waals surface area contributed by atoms with E-state index in [0.29, 0.717) is 18.3 Å². The Morgan fingerprint density at radius 3 is 2.43 bits per heavy atom. The smallest absolute Gasteiger partial charge is 0.323 e. The quantitative estimate of drug-likeness (QED) is 0.592. The topological polar surface area (TPSA) is 52.6 Å². The standard InChI is InChI=1S/C16H22O4S/c1-19-14(17)16(15(18)20-2)8-10-12(21-3)7-9-5-4-6-11(16)13(9)10/h9,11,13H,4-8H2,1-3H3/t9-,11-,13-/m1/s1. The third-order valence-electron chi connectivity index (χ3n) is 5.69. The number of methoxy groups -OCH3 is 2. The fourth-order valence-electron chi connectivity index (χ4n) is 4.91. The van der Waals surface area contributed by atoms with Crippen molar-refractivity contribution in [3.05, 3.63) is 10.5 Å². The summed E-state index contributed by atoms with van der Waals surface area (Å²) in [7, 11) is 2.73. The minimum atomic E-state index is -1.11. The van der Waals surface area contributed by atoms with E-state index in [4.69, 9.17) is 9.47 Å². The van der Waals surface area contributed by atoms with Gasteiger partial charge in [-0.05, 0) is 54.6 Å². The Balaban J connectivity index is 2.10. The molecule has 3 rings (SSSR count). The maximum atomic E-state index is 12.5. The monoisotopic (exact) mass is 310 g/mol. The molecule has 0 radical (unpaired) electrons. The number of hydrogen-bond acceptors (Lipinski definition) is 5. The van der Waals surface area contributed by atoms with Crippen molar-refractivity contribution in [1.82, 2.24) is 0 Å². The second-order valence-electron chi connectivity index (χ2n) is 6.31. The van der Waals surface area contributed by atoms with Gasteiger partial charge in [0.05, 0.1) is 14.2 Å². The van der Waals surface area contributed by atoms with Crippen molar-refractivity contribution in [3.8, 4) is 0 Å². The van der Waals surface area contributed by atoms with Crippen molar-refractivity contribution in [2.45, 2.75) is 32.1 Å². The molecule has 3 aliphatic carbocycles. The molecule has 5 heteroatoms. The molecule has 0 N–H and O–H groups in total. The Hall–Kier alpha value is -0.970. The van der Waals surface area contributed by atoms with Gasteiger partial charge >= 0.3 is 11.9 Å². The number of carbonyl (C=O) groups is 2. The van der Waals surface area contributed by atoms with Crippen LogP contribution in [-0.4, -0.2) is 32.4 Å². The van der Waals surface area contributed by atoms with Crippen LogP contribution in [0.15, 0.2) is 10.5 Å². The zero-order valence-electron chi connectivity index (χ0n) is 12.8. The van der Waals surface area contributed by atoms with Crippen molar-refractivity contribution in [2.75, 3.05) is 20.5 Å². The molecule has 0 saturated heterocycles. The summed E-state index contributed by atoms with van der Waals surface area (Å²) in [6, 6.07) is 0. The molecule has 0 bridgehead atoms. The summed E-state index contributed by atoms with van der Waals surface area (Å²) in [5.74, 6) is 0.192. The molecule has 0 aromatic rings. The molecular formula is C16H22O4S. The van der Waals surface area contributed by atoms with Crippen LogP contribution in [0.25, 0.3) is 0 Å². The third-order valence-corrected chi connectivity index (χ3v) is 6.61. The summed E-state index contributed by atoms with van der Waals surface area (Å²) in [4.78, 5) is 26.4. The summed E-state index contributed by atoms with van der Waals surface area (Å²) in [5, 5.41) is 0. The third kappa shape index (κ3) is 1.89. The van der Waals surface area contributed by atoms with Gasteiger partial charge in [-0.2, -0.15) is 0 Å². The Morgan fingerprint density at radius 1 is 1.19 bits per heavy atom. The van der Waals surface area contributed by atoms with Crippen LogP contribution >= 0.6 is 11.8 Å². The lowest BCUT2D eigenvalue weighted by molar-refractivity contribution is -0.174. The van der Waals surface area contributed by atoms with Gasteiger partial charge in [0.25, 0.3) is 0 Å². The number of ether oxygens (including phenoxy) is 2.